The van der Waals surface area contributed by atoms with E-state index in [9.17, 15) is 13.2 Å². The van der Waals surface area contributed by atoms with E-state index in [0.29, 0.717) is 23.4 Å². The number of methoxy groups -OCH3 is 2. The van der Waals surface area contributed by atoms with Gasteiger partial charge in [-0.3, -0.25) is 9.52 Å². The number of carbonyl (C=O) groups excluding carboxylic acids is 1. The second-order valence-electron chi connectivity index (χ2n) is 7.60. The molecule has 0 aliphatic carbocycles. The van der Waals surface area contributed by atoms with Gasteiger partial charge in [-0.05, 0) is 48.7 Å². The zero-order chi connectivity index (χ0) is 23.8. The van der Waals surface area contributed by atoms with Gasteiger partial charge in [0.05, 0.1) is 29.8 Å². The number of carbonyl (C=O) groups is 1. The molecule has 7 nitrogen and oxygen atoms in total. The number of benzene rings is 3. The van der Waals surface area contributed by atoms with Gasteiger partial charge in [-0.25, -0.2) is 8.42 Å². The number of nitrogens with zero attached hydrogens (tertiary/aromatic N) is 1. The first-order valence-electron chi connectivity index (χ1n) is 10.2. The lowest BCUT2D eigenvalue weighted by atomic mass is 10.1. The summed E-state index contributed by atoms with van der Waals surface area (Å²) < 4.78 is 39.3. The molecule has 0 unspecified atom stereocenters. The molecule has 1 heterocycles. The average Bonchev–Trinajstić information content (AvgIpc) is 3.23. The second-order valence-corrected chi connectivity index (χ2v) is 9.69. The van der Waals surface area contributed by atoms with Crippen LogP contribution < -0.4 is 19.1 Å². The van der Waals surface area contributed by atoms with E-state index in [1.54, 1.807) is 17.9 Å². The Morgan fingerprint density at radius 3 is 2.48 bits per heavy atom. The van der Waals surface area contributed by atoms with Crippen molar-refractivity contribution < 1.29 is 22.7 Å². The summed E-state index contributed by atoms with van der Waals surface area (Å²) in [6, 6.07) is 15.1. The fraction of sp³-hybridized carbons (Fsp3) is 0.208. The SMILES string of the molecule is COc1cc(OC)c(NS(=O)(=O)c2ccc(C)c(C(=O)N3CCc4ccccc43)c2)cc1Cl. The van der Waals surface area contributed by atoms with Gasteiger partial charge in [0, 0.05) is 23.9 Å². The zero-order valence-electron chi connectivity index (χ0n) is 18.4. The summed E-state index contributed by atoms with van der Waals surface area (Å²) >= 11 is 6.17. The lowest BCUT2D eigenvalue weighted by molar-refractivity contribution is 0.0988. The number of amides is 1. The molecule has 0 fully saturated rings. The van der Waals surface area contributed by atoms with Crippen LogP contribution in [0.2, 0.25) is 5.02 Å². The minimum absolute atomic E-state index is 0.0436. The Morgan fingerprint density at radius 1 is 1.03 bits per heavy atom. The number of halogens is 1. The molecular weight excluding hydrogens is 464 g/mol. The molecule has 1 amide bonds. The van der Waals surface area contributed by atoms with Crippen molar-refractivity contribution in [2.45, 2.75) is 18.2 Å². The van der Waals surface area contributed by atoms with Crippen LogP contribution in [0.5, 0.6) is 11.5 Å². The van der Waals surface area contributed by atoms with Crippen LogP contribution in [0, 0.1) is 6.92 Å². The molecule has 0 atom stereocenters. The molecule has 172 valence electrons. The quantitative estimate of drug-likeness (QED) is 0.547. The highest BCUT2D eigenvalue weighted by atomic mass is 35.5. The van der Waals surface area contributed by atoms with Crippen molar-refractivity contribution in [1.29, 1.82) is 0 Å². The van der Waals surface area contributed by atoms with Crippen LogP contribution in [0.15, 0.2) is 59.5 Å². The first-order chi connectivity index (χ1) is 15.7. The van der Waals surface area contributed by atoms with Crippen LogP contribution in [0.4, 0.5) is 11.4 Å². The number of aryl methyl sites for hydroxylation is 1. The van der Waals surface area contributed by atoms with Crippen molar-refractivity contribution in [1.82, 2.24) is 0 Å². The summed E-state index contributed by atoms with van der Waals surface area (Å²) in [4.78, 5) is 15.0. The fourth-order valence-corrected chi connectivity index (χ4v) is 5.16. The highest BCUT2D eigenvalue weighted by Crippen LogP contribution is 2.37. The van der Waals surface area contributed by atoms with E-state index in [4.69, 9.17) is 21.1 Å². The summed E-state index contributed by atoms with van der Waals surface area (Å²) in [6.07, 6.45) is 0.762. The van der Waals surface area contributed by atoms with E-state index in [1.807, 2.05) is 24.3 Å². The number of rotatable bonds is 6. The molecule has 4 rings (SSSR count). The van der Waals surface area contributed by atoms with E-state index in [0.717, 1.165) is 17.7 Å². The van der Waals surface area contributed by atoms with Gasteiger partial charge in [-0.15, -0.1) is 0 Å². The third kappa shape index (κ3) is 4.36. The van der Waals surface area contributed by atoms with Crippen molar-refractivity contribution >= 4 is 38.9 Å². The van der Waals surface area contributed by atoms with Crippen molar-refractivity contribution in [3.8, 4) is 11.5 Å². The Bertz CT molecular complexity index is 1340. The number of hydrogen-bond donors (Lipinski definition) is 1. The largest absolute Gasteiger partial charge is 0.495 e. The number of hydrogen-bond acceptors (Lipinski definition) is 5. The first-order valence-corrected chi connectivity index (χ1v) is 12.1. The van der Waals surface area contributed by atoms with E-state index in [-0.39, 0.29) is 27.3 Å². The molecular formula is C24H23ClN2O5S. The van der Waals surface area contributed by atoms with Crippen LogP contribution >= 0.6 is 11.6 Å². The van der Waals surface area contributed by atoms with E-state index >= 15 is 0 Å². The lowest BCUT2D eigenvalue weighted by Crippen LogP contribution is -2.29. The van der Waals surface area contributed by atoms with Crippen LogP contribution in [0.1, 0.15) is 21.5 Å². The maximum Gasteiger partial charge on any atom is 0.262 e. The predicted molar refractivity (Wildman–Crippen MR) is 128 cm³/mol. The normalized spacial score (nSPS) is 12.9. The lowest BCUT2D eigenvalue weighted by Gasteiger charge is -2.19. The van der Waals surface area contributed by atoms with Crippen molar-refractivity contribution in [3.63, 3.8) is 0 Å². The standard InChI is InChI=1S/C24H23ClN2O5S/c1-15-8-9-17(12-18(15)24(28)27-11-10-16-6-4-5-7-21(16)27)33(29,30)26-20-13-19(25)22(31-2)14-23(20)32-3/h4-9,12-14,26H,10-11H2,1-3H3. The Kier molecular flexibility index (Phi) is 6.23. The molecule has 3 aromatic rings. The monoisotopic (exact) mass is 486 g/mol. The summed E-state index contributed by atoms with van der Waals surface area (Å²) in [7, 11) is -1.17. The van der Waals surface area contributed by atoms with Crippen molar-refractivity contribution in [3.05, 3.63) is 76.3 Å². The number of para-hydroxylation sites is 1. The van der Waals surface area contributed by atoms with Crippen molar-refractivity contribution in [2.75, 3.05) is 30.4 Å². The molecule has 0 aromatic heterocycles. The first kappa shape index (κ1) is 22.9. The summed E-state index contributed by atoms with van der Waals surface area (Å²) in [5.74, 6) is 0.363. The molecule has 0 bridgehead atoms. The van der Waals surface area contributed by atoms with Crippen molar-refractivity contribution in [2.24, 2.45) is 0 Å². The topological polar surface area (TPSA) is 84.9 Å². The van der Waals surface area contributed by atoms with E-state index in [1.165, 1.54) is 38.5 Å². The highest BCUT2D eigenvalue weighted by molar-refractivity contribution is 7.92. The maximum absolute atomic E-state index is 13.3. The Balaban J connectivity index is 1.68. The van der Waals surface area contributed by atoms with Crippen LogP contribution in [-0.4, -0.2) is 35.1 Å². The predicted octanol–water partition coefficient (Wildman–Crippen LogP) is 4.67. The maximum atomic E-state index is 13.3. The zero-order valence-corrected chi connectivity index (χ0v) is 20.0. The molecule has 0 radical (unpaired) electrons. The smallest absolute Gasteiger partial charge is 0.262 e. The van der Waals surface area contributed by atoms with Gasteiger partial charge in [-0.2, -0.15) is 0 Å². The van der Waals surface area contributed by atoms with E-state index < -0.39 is 10.0 Å². The molecule has 1 N–H and O–H groups in total. The van der Waals surface area contributed by atoms with Gasteiger partial charge in [0.2, 0.25) is 0 Å². The molecule has 0 saturated heterocycles. The number of nitrogens with one attached hydrogen (secondary N) is 1. The Morgan fingerprint density at radius 2 is 1.76 bits per heavy atom. The molecule has 0 spiro atoms. The van der Waals surface area contributed by atoms with Crippen LogP contribution in [0.25, 0.3) is 0 Å². The highest BCUT2D eigenvalue weighted by Gasteiger charge is 2.27. The minimum Gasteiger partial charge on any atom is -0.495 e. The number of ether oxygens (including phenoxy) is 2. The third-order valence-corrected chi connectivity index (χ3v) is 7.26. The van der Waals surface area contributed by atoms with Gasteiger partial charge in [-0.1, -0.05) is 35.9 Å². The van der Waals surface area contributed by atoms with Gasteiger partial charge >= 0.3 is 0 Å². The van der Waals surface area contributed by atoms with Gasteiger partial charge in [0.15, 0.2) is 0 Å². The average molecular weight is 487 g/mol. The number of anilines is 2. The van der Waals surface area contributed by atoms with Gasteiger partial charge in [0.1, 0.15) is 11.5 Å². The minimum atomic E-state index is -4.04. The number of sulfonamides is 1. The van der Waals surface area contributed by atoms with Crippen LogP contribution in [-0.2, 0) is 16.4 Å². The summed E-state index contributed by atoms with van der Waals surface area (Å²) in [6.45, 7) is 2.33. The molecule has 1 aliphatic rings. The fourth-order valence-electron chi connectivity index (χ4n) is 3.84. The Hall–Kier alpha value is -3.23. The second kappa shape index (κ2) is 8.96. The summed E-state index contributed by atoms with van der Waals surface area (Å²) in [5.41, 5.74) is 3.12. The van der Waals surface area contributed by atoms with Crippen LogP contribution in [0.3, 0.4) is 0 Å². The molecule has 1 aliphatic heterocycles. The van der Waals surface area contributed by atoms with E-state index in [2.05, 4.69) is 4.72 Å². The summed E-state index contributed by atoms with van der Waals surface area (Å²) in [5, 5.41) is 0.225. The number of fused-ring (bicyclic) bond motifs is 1. The molecule has 0 saturated carbocycles. The Labute approximate surface area is 197 Å². The van der Waals surface area contributed by atoms with Gasteiger partial charge < -0.3 is 14.4 Å². The third-order valence-electron chi connectivity index (χ3n) is 5.60. The molecule has 33 heavy (non-hydrogen) atoms. The molecule has 9 heteroatoms. The van der Waals surface area contributed by atoms with Gasteiger partial charge in [0.25, 0.3) is 15.9 Å². The molecule has 3 aromatic carbocycles.